The van der Waals surface area contributed by atoms with Crippen LogP contribution in [-0.4, -0.2) is 46.6 Å². The molecule has 114 valence electrons. The van der Waals surface area contributed by atoms with E-state index in [1.165, 1.54) is 0 Å². The van der Waals surface area contributed by atoms with Gasteiger partial charge in [-0.1, -0.05) is 0 Å². The van der Waals surface area contributed by atoms with Crippen molar-refractivity contribution in [2.45, 2.75) is 45.2 Å². The van der Waals surface area contributed by atoms with E-state index in [4.69, 9.17) is 4.74 Å². The zero-order valence-electron chi connectivity index (χ0n) is 12.6. The van der Waals surface area contributed by atoms with Gasteiger partial charge in [0.2, 0.25) is 5.91 Å². The maximum absolute atomic E-state index is 11.5. The molecule has 1 aromatic heterocycles. The summed E-state index contributed by atoms with van der Waals surface area (Å²) < 4.78 is 5.37. The summed E-state index contributed by atoms with van der Waals surface area (Å²) in [5.74, 6) is 1.72. The molecule has 0 spiro atoms. The number of anilines is 1. The van der Waals surface area contributed by atoms with Gasteiger partial charge in [-0.25, -0.2) is 9.97 Å². The summed E-state index contributed by atoms with van der Waals surface area (Å²) in [5, 5.41) is 3.47. The van der Waals surface area contributed by atoms with Crippen molar-refractivity contribution in [3.05, 3.63) is 17.6 Å². The molecule has 0 aromatic carbocycles. The minimum Gasteiger partial charge on any atom is -0.381 e. The van der Waals surface area contributed by atoms with Crippen LogP contribution in [0.15, 0.2) is 6.07 Å². The highest BCUT2D eigenvalue weighted by Gasteiger charge is 2.32. The Bertz CT molecular complexity index is 528. The van der Waals surface area contributed by atoms with E-state index in [-0.39, 0.29) is 11.9 Å². The fourth-order valence-corrected chi connectivity index (χ4v) is 2.96. The van der Waals surface area contributed by atoms with Crippen molar-refractivity contribution in [1.82, 2.24) is 14.9 Å². The molecule has 1 aromatic rings. The summed E-state index contributed by atoms with van der Waals surface area (Å²) in [4.78, 5) is 22.4. The van der Waals surface area contributed by atoms with E-state index in [0.717, 1.165) is 56.4 Å². The first-order valence-electron chi connectivity index (χ1n) is 7.60. The zero-order valence-corrected chi connectivity index (χ0v) is 12.6. The number of likely N-dealkylation sites (tertiary alicyclic amines) is 1. The van der Waals surface area contributed by atoms with Crippen molar-refractivity contribution in [3.8, 4) is 0 Å². The van der Waals surface area contributed by atoms with E-state index in [2.05, 4.69) is 15.3 Å². The maximum atomic E-state index is 11.5. The Balaban J connectivity index is 1.74. The van der Waals surface area contributed by atoms with Crippen LogP contribution in [0.3, 0.4) is 0 Å². The van der Waals surface area contributed by atoms with Gasteiger partial charge in [-0.15, -0.1) is 0 Å². The van der Waals surface area contributed by atoms with Gasteiger partial charge in [-0.2, -0.15) is 0 Å². The lowest BCUT2D eigenvalue weighted by Gasteiger charge is -2.40. The van der Waals surface area contributed by atoms with Gasteiger partial charge >= 0.3 is 0 Å². The monoisotopic (exact) mass is 290 g/mol. The van der Waals surface area contributed by atoms with E-state index in [0.29, 0.717) is 6.04 Å². The number of nitrogens with one attached hydrogen (secondary N) is 1. The Hall–Kier alpha value is -1.69. The second-order valence-corrected chi connectivity index (χ2v) is 5.77. The number of carbonyl (C=O) groups excluding carboxylic acids is 1. The van der Waals surface area contributed by atoms with Crippen LogP contribution in [0.1, 0.15) is 43.7 Å². The molecular formula is C15H22N4O2. The SMILES string of the molecule is CC(=O)N1CCC1c1cc(NC2CCOCC2)nc(C)n1. The molecule has 1 unspecified atom stereocenters. The zero-order chi connectivity index (χ0) is 14.8. The fourth-order valence-electron chi connectivity index (χ4n) is 2.96. The molecule has 0 saturated carbocycles. The summed E-state index contributed by atoms with van der Waals surface area (Å²) in [6.07, 6.45) is 2.98. The number of nitrogens with zero attached hydrogens (tertiary/aromatic N) is 3. The van der Waals surface area contributed by atoms with Crippen molar-refractivity contribution in [1.29, 1.82) is 0 Å². The highest BCUT2D eigenvalue weighted by molar-refractivity contribution is 5.74. The second-order valence-electron chi connectivity index (χ2n) is 5.77. The fraction of sp³-hybridized carbons (Fsp3) is 0.667. The third-order valence-electron chi connectivity index (χ3n) is 4.20. The molecule has 3 rings (SSSR count). The third-order valence-corrected chi connectivity index (χ3v) is 4.20. The number of hydrogen-bond donors (Lipinski definition) is 1. The molecule has 3 heterocycles. The molecule has 2 aliphatic heterocycles. The summed E-state index contributed by atoms with van der Waals surface area (Å²) in [6.45, 7) is 5.94. The van der Waals surface area contributed by atoms with Gasteiger partial charge in [-0.05, 0) is 26.2 Å². The smallest absolute Gasteiger partial charge is 0.220 e. The van der Waals surface area contributed by atoms with Gasteiger partial charge in [-0.3, -0.25) is 4.79 Å². The molecule has 1 atom stereocenters. The van der Waals surface area contributed by atoms with Crippen molar-refractivity contribution in [2.75, 3.05) is 25.1 Å². The maximum Gasteiger partial charge on any atom is 0.220 e. The number of ether oxygens (including phenoxy) is 1. The molecule has 1 amide bonds. The van der Waals surface area contributed by atoms with Crippen LogP contribution in [0.25, 0.3) is 0 Å². The lowest BCUT2D eigenvalue weighted by Crippen LogP contribution is -2.44. The predicted octanol–water partition coefficient (Wildman–Crippen LogP) is 1.67. The number of rotatable bonds is 3. The lowest BCUT2D eigenvalue weighted by atomic mass is 9.99. The molecule has 2 aliphatic rings. The Labute approximate surface area is 124 Å². The largest absolute Gasteiger partial charge is 0.381 e. The molecule has 1 N–H and O–H groups in total. The number of aryl methyl sites for hydroxylation is 1. The molecule has 6 nitrogen and oxygen atoms in total. The first-order chi connectivity index (χ1) is 10.1. The van der Waals surface area contributed by atoms with Crippen LogP contribution >= 0.6 is 0 Å². The number of amides is 1. The highest BCUT2D eigenvalue weighted by atomic mass is 16.5. The van der Waals surface area contributed by atoms with E-state index >= 15 is 0 Å². The normalized spacial score (nSPS) is 22.8. The van der Waals surface area contributed by atoms with Crippen LogP contribution in [-0.2, 0) is 9.53 Å². The number of aromatic nitrogens is 2. The summed E-state index contributed by atoms with van der Waals surface area (Å²) >= 11 is 0. The van der Waals surface area contributed by atoms with Crippen LogP contribution in [0.2, 0.25) is 0 Å². The molecule has 0 radical (unpaired) electrons. The molecule has 0 bridgehead atoms. The third kappa shape index (κ3) is 3.15. The molecule has 2 saturated heterocycles. The van der Waals surface area contributed by atoms with Crippen molar-refractivity contribution in [2.24, 2.45) is 0 Å². The lowest BCUT2D eigenvalue weighted by molar-refractivity contribution is -0.136. The van der Waals surface area contributed by atoms with Gasteiger partial charge in [0, 0.05) is 38.8 Å². The molecular weight excluding hydrogens is 268 g/mol. The van der Waals surface area contributed by atoms with Gasteiger partial charge in [0.05, 0.1) is 11.7 Å². The van der Waals surface area contributed by atoms with Gasteiger partial charge in [0.1, 0.15) is 11.6 Å². The quantitative estimate of drug-likeness (QED) is 0.917. The topological polar surface area (TPSA) is 67.4 Å². The molecule has 21 heavy (non-hydrogen) atoms. The Morgan fingerprint density at radius 3 is 2.71 bits per heavy atom. The van der Waals surface area contributed by atoms with E-state index < -0.39 is 0 Å². The summed E-state index contributed by atoms with van der Waals surface area (Å²) in [7, 11) is 0. The predicted molar refractivity (Wildman–Crippen MR) is 79.0 cm³/mol. The van der Waals surface area contributed by atoms with Crippen LogP contribution in [0.5, 0.6) is 0 Å². The first kappa shape index (κ1) is 14.3. The highest BCUT2D eigenvalue weighted by Crippen LogP contribution is 2.33. The summed E-state index contributed by atoms with van der Waals surface area (Å²) in [6, 6.07) is 2.51. The van der Waals surface area contributed by atoms with Gasteiger partial charge < -0.3 is 15.0 Å². The molecule has 0 aliphatic carbocycles. The minimum atomic E-state index is 0.111. The minimum absolute atomic E-state index is 0.111. The van der Waals surface area contributed by atoms with E-state index in [1.54, 1.807) is 6.92 Å². The summed E-state index contributed by atoms with van der Waals surface area (Å²) in [5.41, 5.74) is 0.943. The Morgan fingerprint density at radius 1 is 1.33 bits per heavy atom. The van der Waals surface area contributed by atoms with Gasteiger partial charge in [0.15, 0.2) is 0 Å². The van der Waals surface area contributed by atoms with Crippen molar-refractivity contribution in [3.63, 3.8) is 0 Å². The first-order valence-corrected chi connectivity index (χ1v) is 7.60. The average molecular weight is 290 g/mol. The van der Waals surface area contributed by atoms with E-state index in [9.17, 15) is 4.79 Å². The Kier molecular flexibility index (Phi) is 4.05. The Morgan fingerprint density at radius 2 is 2.10 bits per heavy atom. The van der Waals surface area contributed by atoms with Gasteiger partial charge in [0.25, 0.3) is 0 Å². The number of carbonyl (C=O) groups is 1. The number of hydrogen-bond acceptors (Lipinski definition) is 5. The van der Waals surface area contributed by atoms with Crippen LogP contribution in [0, 0.1) is 6.92 Å². The van der Waals surface area contributed by atoms with Crippen LogP contribution < -0.4 is 5.32 Å². The van der Waals surface area contributed by atoms with Crippen molar-refractivity contribution >= 4 is 11.7 Å². The average Bonchev–Trinajstić information content (AvgIpc) is 2.37. The van der Waals surface area contributed by atoms with Crippen molar-refractivity contribution < 1.29 is 9.53 Å². The second kappa shape index (κ2) is 5.97. The van der Waals surface area contributed by atoms with E-state index in [1.807, 2.05) is 17.9 Å². The standard InChI is InChI=1S/C15H22N4O2/c1-10-16-13(14-3-6-19(14)11(2)20)9-15(17-10)18-12-4-7-21-8-5-12/h9,12,14H,3-8H2,1-2H3,(H,16,17,18). The van der Waals surface area contributed by atoms with Crippen LogP contribution in [0.4, 0.5) is 5.82 Å². The molecule has 2 fully saturated rings. The molecule has 6 heteroatoms.